The summed E-state index contributed by atoms with van der Waals surface area (Å²) in [6.45, 7) is 1.46. The Morgan fingerprint density at radius 3 is 2.74 bits per heavy atom. The van der Waals surface area contributed by atoms with E-state index in [1.807, 2.05) is 42.6 Å². The van der Waals surface area contributed by atoms with Gasteiger partial charge in [-0.2, -0.15) is 0 Å². The van der Waals surface area contributed by atoms with Gasteiger partial charge in [-0.3, -0.25) is 4.79 Å². The number of H-pyrrole nitrogens is 1. The molecule has 1 aromatic carbocycles. The van der Waals surface area contributed by atoms with Crippen LogP contribution in [0.15, 0.2) is 71.5 Å². The first-order valence-corrected chi connectivity index (χ1v) is 11.4. The van der Waals surface area contributed by atoms with Gasteiger partial charge in [0, 0.05) is 30.9 Å². The summed E-state index contributed by atoms with van der Waals surface area (Å²) in [6.07, 6.45) is 8.64. The molecule has 5 rings (SSSR count). The van der Waals surface area contributed by atoms with E-state index in [4.69, 9.17) is 4.42 Å². The highest BCUT2D eigenvalue weighted by Gasteiger charge is 2.32. The van der Waals surface area contributed by atoms with Crippen molar-refractivity contribution in [2.75, 3.05) is 18.4 Å². The van der Waals surface area contributed by atoms with Gasteiger partial charge in [0.1, 0.15) is 5.76 Å². The van der Waals surface area contributed by atoms with E-state index in [2.05, 4.69) is 32.3 Å². The minimum atomic E-state index is -0.279. The highest BCUT2D eigenvalue weighted by molar-refractivity contribution is 6.07. The number of furan rings is 1. The molecule has 174 valence electrons. The van der Waals surface area contributed by atoms with Crippen molar-refractivity contribution < 1.29 is 14.0 Å². The topological polar surface area (TPSA) is 111 Å². The Kier molecular flexibility index (Phi) is 6.20. The number of ketones is 1. The predicted molar refractivity (Wildman–Crippen MR) is 131 cm³/mol. The summed E-state index contributed by atoms with van der Waals surface area (Å²) < 4.78 is 5.23. The molecule has 0 radical (unpaired) electrons. The van der Waals surface area contributed by atoms with Crippen molar-refractivity contribution in [1.29, 1.82) is 0 Å². The SMILES string of the molecule is O=C(NCc1ccco1)NCC1CC(=O)c2c([nH]c(C3=CCNC=C3)c2Nc2ccccc2)C1. The zero-order valence-corrected chi connectivity index (χ0v) is 18.7. The van der Waals surface area contributed by atoms with Crippen molar-refractivity contribution in [2.45, 2.75) is 19.4 Å². The molecular formula is C26H27N5O3. The molecular weight excluding hydrogens is 430 g/mol. The van der Waals surface area contributed by atoms with Gasteiger partial charge in [-0.1, -0.05) is 24.3 Å². The van der Waals surface area contributed by atoms with Gasteiger partial charge in [-0.05, 0) is 54.5 Å². The van der Waals surface area contributed by atoms with Gasteiger partial charge in [-0.25, -0.2) is 4.79 Å². The molecule has 2 amide bonds. The van der Waals surface area contributed by atoms with Gasteiger partial charge in [0.15, 0.2) is 5.78 Å². The van der Waals surface area contributed by atoms with Crippen molar-refractivity contribution in [3.63, 3.8) is 0 Å². The Bertz CT molecular complexity index is 1220. The summed E-state index contributed by atoms with van der Waals surface area (Å²) in [5.74, 6) is 0.776. The zero-order chi connectivity index (χ0) is 23.3. The van der Waals surface area contributed by atoms with E-state index >= 15 is 0 Å². The Balaban J connectivity index is 1.32. The molecule has 0 spiro atoms. The zero-order valence-electron chi connectivity index (χ0n) is 18.7. The van der Waals surface area contributed by atoms with E-state index in [9.17, 15) is 9.59 Å². The molecule has 1 unspecified atom stereocenters. The Hall–Kier alpha value is -4.20. The molecule has 8 nitrogen and oxygen atoms in total. The normalized spacial score (nSPS) is 16.9. The van der Waals surface area contributed by atoms with Crippen LogP contribution >= 0.6 is 0 Å². The van der Waals surface area contributed by atoms with Gasteiger partial charge in [0.2, 0.25) is 0 Å². The van der Waals surface area contributed by atoms with Crippen LogP contribution in [0.25, 0.3) is 5.57 Å². The van der Waals surface area contributed by atoms with Crippen molar-refractivity contribution in [3.8, 4) is 0 Å². The largest absolute Gasteiger partial charge is 0.467 e. The second-order valence-corrected chi connectivity index (χ2v) is 8.46. The molecule has 1 atom stereocenters. The number of fused-ring (bicyclic) bond motifs is 1. The number of carbonyl (C=O) groups is 2. The monoisotopic (exact) mass is 457 g/mol. The number of aromatic amines is 1. The fraction of sp³-hybridized carbons (Fsp3) is 0.231. The molecule has 8 heteroatoms. The van der Waals surface area contributed by atoms with Crippen LogP contribution in [0.2, 0.25) is 0 Å². The minimum absolute atomic E-state index is 0.0167. The maximum atomic E-state index is 13.3. The predicted octanol–water partition coefficient (Wildman–Crippen LogP) is 4.10. The summed E-state index contributed by atoms with van der Waals surface area (Å²) in [7, 11) is 0. The molecule has 0 bridgehead atoms. The number of hydrogen-bond donors (Lipinski definition) is 5. The molecule has 5 N–H and O–H groups in total. The first-order chi connectivity index (χ1) is 16.7. The second-order valence-electron chi connectivity index (χ2n) is 8.46. The van der Waals surface area contributed by atoms with Crippen LogP contribution < -0.4 is 21.3 Å². The number of para-hydroxylation sites is 1. The van der Waals surface area contributed by atoms with Gasteiger partial charge < -0.3 is 30.7 Å². The Labute approximate surface area is 197 Å². The number of urea groups is 1. The van der Waals surface area contributed by atoms with E-state index in [0.29, 0.717) is 37.3 Å². The van der Waals surface area contributed by atoms with Crippen LogP contribution in [-0.2, 0) is 13.0 Å². The number of benzene rings is 1. The molecule has 3 heterocycles. The fourth-order valence-corrected chi connectivity index (χ4v) is 4.41. The molecule has 0 saturated carbocycles. The van der Waals surface area contributed by atoms with Crippen molar-refractivity contribution >= 4 is 28.8 Å². The smallest absolute Gasteiger partial charge is 0.315 e. The number of nitrogens with one attached hydrogen (secondary N) is 5. The van der Waals surface area contributed by atoms with Gasteiger partial charge >= 0.3 is 6.03 Å². The van der Waals surface area contributed by atoms with E-state index in [0.717, 1.165) is 34.9 Å². The lowest BCUT2D eigenvalue weighted by atomic mass is 9.86. The van der Waals surface area contributed by atoms with Crippen molar-refractivity contribution in [2.24, 2.45) is 5.92 Å². The number of amides is 2. The molecule has 1 aliphatic heterocycles. The third-order valence-electron chi connectivity index (χ3n) is 6.03. The number of hydrogen-bond acceptors (Lipinski definition) is 5. The summed E-state index contributed by atoms with van der Waals surface area (Å²) in [5.41, 5.74) is 5.29. The highest BCUT2D eigenvalue weighted by atomic mass is 16.3. The summed E-state index contributed by atoms with van der Waals surface area (Å²) in [5, 5.41) is 12.3. The van der Waals surface area contributed by atoms with Crippen molar-refractivity contribution in [1.82, 2.24) is 20.9 Å². The lowest BCUT2D eigenvalue weighted by Crippen LogP contribution is -2.39. The number of rotatable bonds is 7. The van der Waals surface area contributed by atoms with E-state index in [1.54, 1.807) is 18.4 Å². The van der Waals surface area contributed by atoms with Crippen LogP contribution in [0.4, 0.5) is 16.2 Å². The summed E-state index contributed by atoms with van der Waals surface area (Å²) in [6, 6.07) is 13.2. The van der Waals surface area contributed by atoms with Crippen LogP contribution in [0.3, 0.4) is 0 Å². The van der Waals surface area contributed by atoms with Crippen LogP contribution in [-0.4, -0.2) is 29.9 Å². The van der Waals surface area contributed by atoms with E-state index < -0.39 is 0 Å². The van der Waals surface area contributed by atoms with E-state index in [-0.39, 0.29) is 17.7 Å². The number of carbonyl (C=O) groups excluding carboxylic acids is 2. The van der Waals surface area contributed by atoms with Crippen LogP contribution in [0.1, 0.15) is 33.9 Å². The van der Waals surface area contributed by atoms with Gasteiger partial charge in [0.25, 0.3) is 0 Å². The number of dihydropyridines is 1. The first-order valence-electron chi connectivity index (χ1n) is 11.4. The molecule has 34 heavy (non-hydrogen) atoms. The van der Waals surface area contributed by atoms with Crippen LogP contribution in [0, 0.1) is 5.92 Å². The maximum Gasteiger partial charge on any atom is 0.315 e. The molecule has 3 aromatic rings. The molecule has 0 saturated heterocycles. The molecule has 1 aliphatic carbocycles. The first kappa shape index (κ1) is 21.6. The van der Waals surface area contributed by atoms with Crippen molar-refractivity contribution in [3.05, 3.63) is 89.8 Å². The number of Topliss-reactive ketones (excluding diaryl/α,β-unsaturated/α-hetero) is 1. The quantitative estimate of drug-likeness (QED) is 0.367. The highest BCUT2D eigenvalue weighted by Crippen LogP contribution is 2.38. The molecule has 2 aromatic heterocycles. The third-order valence-corrected chi connectivity index (χ3v) is 6.03. The molecule has 0 fully saturated rings. The van der Waals surface area contributed by atoms with E-state index in [1.165, 1.54) is 0 Å². The van der Waals surface area contributed by atoms with Crippen LogP contribution in [0.5, 0.6) is 0 Å². The Morgan fingerprint density at radius 1 is 1.09 bits per heavy atom. The Morgan fingerprint density at radius 2 is 1.97 bits per heavy atom. The fourth-order valence-electron chi connectivity index (χ4n) is 4.41. The minimum Gasteiger partial charge on any atom is -0.467 e. The number of anilines is 2. The standard InChI is InChI=1S/C26H27N5O3/c32-22-14-17(15-28-26(33)29-16-20-7-4-12-34-20)13-21-23(22)25(30-19-5-2-1-3-6-19)24(31-21)18-8-10-27-11-9-18/h1-10,12,17,27,30-31H,11,13-16H2,(H2,28,29,33). The summed E-state index contributed by atoms with van der Waals surface area (Å²) >= 11 is 0. The number of allylic oxidation sites excluding steroid dienone is 2. The second kappa shape index (κ2) is 9.74. The average molecular weight is 458 g/mol. The van der Waals surface area contributed by atoms with Gasteiger partial charge in [-0.15, -0.1) is 0 Å². The average Bonchev–Trinajstić information content (AvgIpc) is 3.51. The third kappa shape index (κ3) is 4.76. The lowest BCUT2D eigenvalue weighted by Gasteiger charge is -2.22. The maximum absolute atomic E-state index is 13.3. The number of aromatic nitrogens is 1. The molecule has 2 aliphatic rings. The summed E-state index contributed by atoms with van der Waals surface area (Å²) in [4.78, 5) is 29.0. The van der Waals surface area contributed by atoms with Gasteiger partial charge in [0.05, 0.1) is 29.8 Å². The lowest BCUT2D eigenvalue weighted by molar-refractivity contribution is 0.0949.